The summed E-state index contributed by atoms with van der Waals surface area (Å²) in [5.74, 6) is 0.125. The molecule has 0 spiro atoms. The zero-order valence-corrected chi connectivity index (χ0v) is 13.7. The van der Waals surface area contributed by atoms with Gasteiger partial charge in [0, 0.05) is 13.1 Å². The van der Waals surface area contributed by atoms with Gasteiger partial charge >= 0.3 is 18.1 Å². The van der Waals surface area contributed by atoms with Crippen molar-refractivity contribution in [2.45, 2.75) is 26.7 Å². The van der Waals surface area contributed by atoms with Gasteiger partial charge in [0.1, 0.15) is 0 Å². The van der Waals surface area contributed by atoms with Crippen LogP contribution in [0.15, 0.2) is 6.07 Å². The van der Waals surface area contributed by atoms with E-state index in [2.05, 4.69) is 15.6 Å². The van der Waals surface area contributed by atoms with Crippen LogP contribution < -0.4 is 20.3 Å². The van der Waals surface area contributed by atoms with E-state index in [4.69, 9.17) is 9.47 Å². The third kappa shape index (κ3) is 4.37. The highest BCUT2D eigenvalue weighted by molar-refractivity contribution is 5.84. The lowest BCUT2D eigenvalue weighted by Gasteiger charge is -2.19. The van der Waals surface area contributed by atoms with Gasteiger partial charge in [-0.15, -0.1) is 0 Å². The Hall–Kier alpha value is -2.78. The van der Waals surface area contributed by atoms with Crippen molar-refractivity contribution in [3.63, 3.8) is 0 Å². The number of rotatable bonds is 5. The number of nitrogens with zero attached hydrogens (tertiary/aromatic N) is 3. The first-order valence-electron chi connectivity index (χ1n) is 7.82. The average Bonchev–Trinajstić information content (AvgIpc) is 3.06. The van der Waals surface area contributed by atoms with Gasteiger partial charge in [0.2, 0.25) is 5.82 Å². The molecule has 2 N–H and O–H groups in total. The number of nitrogens with one attached hydrogen (secondary N) is 2. The molecule has 1 aliphatic heterocycles. The molecule has 0 saturated carbocycles. The number of hydrogen-bond donors (Lipinski definition) is 2. The topological polar surface area (TPSA) is 120 Å². The van der Waals surface area contributed by atoms with Crippen LogP contribution in [0.3, 0.4) is 0 Å². The Kier molecular flexibility index (Phi) is 5.99. The standard InChI is InChI=1S/C14H21N5O5/c1-3-23-13(20)16-11-9-10(18-7-5-6-8-18)15-12(19(11)22)17-14(21)24-4-2/h9H,3-8H2,1-2H3,(H,16,20)(H,15,17,21). The maximum atomic E-state index is 12.3. The molecule has 1 fully saturated rings. The van der Waals surface area contributed by atoms with Gasteiger partial charge in [-0.1, -0.05) is 4.98 Å². The van der Waals surface area contributed by atoms with Gasteiger partial charge in [0.05, 0.1) is 19.3 Å². The van der Waals surface area contributed by atoms with E-state index in [1.54, 1.807) is 13.8 Å². The molecule has 2 amide bonds. The van der Waals surface area contributed by atoms with Crippen molar-refractivity contribution < 1.29 is 23.8 Å². The fraction of sp³-hybridized carbons (Fsp3) is 0.571. The Balaban J connectivity index is 2.31. The number of ether oxygens (including phenoxy) is 2. The molecule has 10 nitrogen and oxygen atoms in total. The normalized spacial score (nSPS) is 13.5. The Morgan fingerprint density at radius 3 is 2.38 bits per heavy atom. The maximum Gasteiger partial charge on any atom is 0.460 e. The number of aromatic nitrogens is 2. The highest BCUT2D eigenvalue weighted by Gasteiger charge is 2.23. The van der Waals surface area contributed by atoms with E-state index < -0.39 is 12.2 Å². The summed E-state index contributed by atoms with van der Waals surface area (Å²) < 4.78 is 9.85. The molecule has 2 rings (SSSR count). The molecule has 132 valence electrons. The van der Waals surface area contributed by atoms with E-state index in [1.165, 1.54) is 6.07 Å². The van der Waals surface area contributed by atoms with Crippen molar-refractivity contribution in [1.29, 1.82) is 0 Å². The second-order valence-electron chi connectivity index (χ2n) is 5.00. The van der Waals surface area contributed by atoms with Crippen LogP contribution in [0.5, 0.6) is 0 Å². The molecule has 1 aliphatic rings. The summed E-state index contributed by atoms with van der Waals surface area (Å²) in [4.78, 5) is 29.3. The molecule has 0 aromatic carbocycles. The van der Waals surface area contributed by atoms with Gasteiger partial charge in [-0.3, -0.25) is 0 Å². The number of carbonyl (C=O) groups is 2. The third-order valence-corrected chi connectivity index (χ3v) is 3.32. The van der Waals surface area contributed by atoms with Crippen LogP contribution in [-0.2, 0) is 9.47 Å². The van der Waals surface area contributed by atoms with Crippen molar-refractivity contribution in [2.24, 2.45) is 0 Å². The number of carbonyl (C=O) groups excluding carboxylic acids is 2. The van der Waals surface area contributed by atoms with Gasteiger partial charge in [0.15, 0.2) is 5.82 Å². The van der Waals surface area contributed by atoms with E-state index in [0.29, 0.717) is 10.5 Å². The Bertz CT molecular complexity index is 562. The lowest BCUT2D eigenvalue weighted by atomic mass is 10.4. The molecule has 24 heavy (non-hydrogen) atoms. The molecule has 0 bridgehead atoms. The lowest BCUT2D eigenvalue weighted by molar-refractivity contribution is -0.577. The highest BCUT2D eigenvalue weighted by Crippen LogP contribution is 2.21. The van der Waals surface area contributed by atoms with Crippen molar-refractivity contribution in [2.75, 3.05) is 41.8 Å². The Labute approximate surface area is 139 Å². The largest absolute Gasteiger partial charge is 0.754 e. The van der Waals surface area contributed by atoms with Crippen molar-refractivity contribution >= 4 is 29.8 Å². The second kappa shape index (κ2) is 8.18. The van der Waals surface area contributed by atoms with Gasteiger partial charge in [0.25, 0.3) is 0 Å². The third-order valence-electron chi connectivity index (χ3n) is 3.32. The molecule has 0 radical (unpaired) electrons. The predicted octanol–water partition coefficient (Wildman–Crippen LogP) is 1.45. The number of anilines is 3. The quantitative estimate of drug-likeness (QED) is 0.615. The summed E-state index contributed by atoms with van der Waals surface area (Å²) >= 11 is 0. The van der Waals surface area contributed by atoms with Crippen molar-refractivity contribution in [3.8, 4) is 0 Å². The number of hydrogen-bond acceptors (Lipinski definition) is 7. The van der Waals surface area contributed by atoms with E-state index in [0.717, 1.165) is 25.9 Å². The second-order valence-corrected chi connectivity index (χ2v) is 5.00. The first kappa shape index (κ1) is 17.6. The van der Waals surface area contributed by atoms with Crippen LogP contribution in [-0.4, -0.2) is 43.5 Å². The summed E-state index contributed by atoms with van der Waals surface area (Å²) in [5.41, 5.74) is 0. The van der Waals surface area contributed by atoms with E-state index in [9.17, 15) is 14.8 Å². The molecule has 1 saturated heterocycles. The summed E-state index contributed by atoms with van der Waals surface area (Å²) in [6.07, 6.45) is 0.461. The summed E-state index contributed by atoms with van der Waals surface area (Å²) in [6, 6.07) is 1.45. The van der Waals surface area contributed by atoms with Crippen LogP contribution in [0.2, 0.25) is 0 Å². The Morgan fingerprint density at radius 2 is 1.79 bits per heavy atom. The molecular formula is C14H21N5O5. The molecule has 0 unspecified atom stereocenters. The summed E-state index contributed by atoms with van der Waals surface area (Å²) in [5, 5.41) is 16.9. The van der Waals surface area contributed by atoms with E-state index in [1.807, 2.05) is 4.90 Å². The molecule has 0 aliphatic carbocycles. The fourth-order valence-electron chi connectivity index (χ4n) is 2.29. The first-order chi connectivity index (χ1) is 11.5. The van der Waals surface area contributed by atoms with Crippen LogP contribution in [0, 0.1) is 5.21 Å². The smallest absolute Gasteiger partial charge is 0.460 e. The zero-order valence-electron chi connectivity index (χ0n) is 13.7. The first-order valence-corrected chi connectivity index (χ1v) is 7.82. The Morgan fingerprint density at radius 1 is 1.21 bits per heavy atom. The van der Waals surface area contributed by atoms with Crippen molar-refractivity contribution in [3.05, 3.63) is 11.3 Å². The minimum Gasteiger partial charge on any atom is -0.754 e. The van der Waals surface area contributed by atoms with E-state index in [-0.39, 0.29) is 25.0 Å². The summed E-state index contributed by atoms with van der Waals surface area (Å²) in [7, 11) is 0. The maximum absolute atomic E-state index is 12.3. The van der Waals surface area contributed by atoms with Crippen LogP contribution in [0.25, 0.3) is 0 Å². The van der Waals surface area contributed by atoms with Gasteiger partial charge in [-0.05, 0) is 26.7 Å². The van der Waals surface area contributed by atoms with Crippen LogP contribution >= 0.6 is 0 Å². The molecule has 1 aromatic heterocycles. The van der Waals surface area contributed by atoms with Gasteiger partial charge in [-0.2, -0.15) is 5.32 Å². The molecule has 1 aromatic rings. The molecule has 10 heteroatoms. The minimum absolute atomic E-state index is 0.0860. The molecule has 0 atom stereocenters. The average molecular weight is 339 g/mol. The summed E-state index contributed by atoms with van der Waals surface area (Å²) in [6.45, 7) is 5.20. The van der Waals surface area contributed by atoms with E-state index >= 15 is 0 Å². The van der Waals surface area contributed by atoms with Gasteiger partial charge in [-0.25, -0.2) is 19.6 Å². The fourth-order valence-corrected chi connectivity index (χ4v) is 2.29. The van der Waals surface area contributed by atoms with Crippen molar-refractivity contribution in [1.82, 2.24) is 4.98 Å². The minimum atomic E-state index is -0.796. The van der Waals surface area contributed by atoms with Gasteiger partial charge < -0.3 is 19.6 Å². The van der Waals surface area contributed by atoms with Crippen LogP contribution in [0.4, 0.5) is 27.2 Å². The number of amides is 2. The molecule has 2 heterocycles. The van der Waals surface area contributed by atoms with Crippen LogP contribution in [0.1, 0.15) is 26.7 Å². The SMILES string of the molecule is CCOC(=O)Nc1cc(N2CCCC2)nc(NC(=O)OCC)[n+]1[O-]. The zero-order chi connectivity index (χ0) is 17.5. The monoisotopic (exact) mass is 339 g/mol. The highest BCUT2D eigenvalue weighted by atomic mass is 16.6. The molecular weight excluding hydrogens is 318 g/mol. The lowest BCUT2D eigenvalue weighted by Crippen LogP contribution is -2.39. The predicted molar refractivity (Wildman–Crippen MR) is 85.9 cm³/mol.